The number of unbranched alkanes of at least 4 members (excludes halogenated alkanes) is 2. The maximum absolute atomic E-state index is 2.52. The van der Waals surface area contributed by atoms with E-state index in [1.165, 1.54) is 69.4 Å². The Hall–Kier alpha value is -1.13. The average molecular weight is 366 g/mol. The fraction of sp³-hybridized carbons (Fsp3) is 0.520. The molecule has 1 heterocycles. The van der Waals surface area contributed by atoms with Crippen LogP contribution in [0.1, 0.15) is 86.8 Å². The lowest BCUT2D eigenvalue weighted by Gasteiger charge is -2.46. The van der Waals surface area contributed by atoms with Crippen molar-refractivity contribution in [1.29, 1.82) is 0 Å². The molecule has 0 saturated carbocycles. The van der Waals surface area contributed by atoms with Gasteiger partial charge in [0.05, 0.1) is 0 Å². The van der Waals surface area contributed by atoms with Crippen molar-refractivity contribution < 1.29 is 0 Å². The van der Waals surface area contributed by atoms with Crippen molar-refractivity contribution in [1.82, 2.24) is 0 Å². The van der Waals surface area contributed by atoms with Gasteiger partial charge in [-0.25, -0.2) is 0 Å². The first-order valence-corrected chi connectivity index (χ1v) is 11.3. The summed E-state index contributed by atoms with van der Waals surface area (Å²) in [7, 11) is 1.40. The normalized spacial score (nSPS) is 14.8. The molecule has 1 aliphatic rings. The molecule has 140 valence electrons. The summed E-state index contributed by atoms with van der Waals surface area (Å²) in [6.45, 7) is 14.1. The molecule has 2 aromatic carbocycles. The van der Waals surface area contributed by atoms with Crippen molar-refractivity contribution in [2.75, 3.05) is 0 Å². The minimum atomic E-state index is 0.0931. The lowest BCUT2D eigenvalue weighted by molar-refractivity contribution is 0.642. The van der Waals surface area contributed by atoms with Crippen LogP contribution in [0.5, 0.6) is 0 Å². The maximum Gasteiger partial charge on any atom is 0.0102 e. The number of hydrogen-bond acceptors (Lipinski definition) is 0. The van der Waals surface area contributed by atoms with Gasteiger partial charge in [-0.15, -0.1) is 0 Å². The molecule has 1 aliphatic heterocycles. The number of aryl methyl sites for hydroxylation is 4. The molecule has 3 rings (SSSR count). The zero-order valence-corrected chi connectivity index (χ0v) is 18.4. The van der Waals surface area contributed by atoms with E-state index >= 15 is 0 Å². The molecule has 0 fully saturated rings. The van der Waals surface area contributed by atoms with Gasteiger partial charge in [0.15, 0.2) is 0 Å². The standard InChI is InChI=1S/C25H34P/c1-7-9-11-19-13-17(3)23-21(15-19)25(5,6)22-16-20(12-10-8-2)14-18(4)24(22)26-23/h13-16H,7-12H2,1-6H3/q-1. The molecule has 0 amide bonds. The highest BCUT2D eigenvalue weighted by Gasteiger charge is 2.29. The zero-order valence-electron chi connectivity index (χ0n) is 17.5. The smallest absolute Gasteiger partial charge is 0.0102 e. The van der Waals surface area contributed by atoms with Gasteiger partial charge in [0.2, 0.25) is 0 Å². The van der Waals surface area contributed by atoms with Crippen LogP contribution >= 0.6 is 8.58 Å². The number of benzene rings is 2. The summed E-state index contributed by atoms with van der Waals surface area (Å²) in [4.78, 5) is 0. The van der Waals surface area contributed by atoms with Gasteiger partial charge in [-0.05, 0) is 50.7 Å². The molecule has 26 heavy (non-hydrogen) atoms. The summed E-state index contributed by atoms with van der Waals surface area (Å²) in [5, 5.41) is 3.10. The van der Waals surface area contributed by atoms with E-state index in [9.17, 15) is 0 Å². The van der Waals surface area contributed by atoms with Crippen molar-refractivity contribution >= 4 is 19.2 Å². The van der Waals surface area contributed by atoms with Crippen molar-refractivity contribution in [2.45, 2.75) is 85.5 Å². The Morgan fingerprint density at radius 3 is 1.54 bits per heavy atom. The third-order valence-electron chi connectivity index (χ3n) is 5.93. The predicted octanol–water partition coefficient (Wildman–Crippen LogP) is 6.52. The molecule has 0 N–H and O–H groups in total. The monoisotopic (exact) mass is 365 g/mol. The maximum atomic E-state index is 2.52. The van der Waals surface area contributed by atoms with Gasteiger partial charge in [0, 0.05) is 5.41 Å². The molecule has 0 aromatic heterocycles. The van der Waals surface area contributed by atoms with Crippen LogP contribution in [-0.2, 0) is 18.3 Å². The van der Waals surface area contributed by atoms with Crippen LogP contribution in [0.25, 0.3) is 0 Å². The molecule has 0 saturated heterocycles. The topological polar surface area (TPSA) is 0 Å². The molecule has 2 aromatic rings. The van der Waals surface area contributed by atoms with Crippen molar-refractivity contribution in [3.8, 4) is 0 Å². The molecule has 0 aliphatic carbocycles. The van der Waals surface area contributed by atoms with Crippen LogP contribution in [0, 0.1) is 13.8 Å². The Labute approximate surface area is 162 Å². The second kappa shape index (κ2) is 7.85. The average Bonchev–Trinajstić information content (AvgIpc) is 2.60. The molecular formula is C25H34P-. The van der Waals surface area contributed by atoms with E-state index in [1.807, 2.05) is 0 Å². The predicted molar refractivity (Wildman–Crippen MR) is 118 cm³/mol. The summed E-state index contributed by atoms with van der Waals surface area (Å²) >= 11 is 0. The van der Waals surface area contributed by atoms with Gasteiger partial charge in [0.1, 0.15) is 0 Å². The summed E-state index contributed by atoms with van der Waals surface area (Å²) in [5.41, 5.74) is 9.21. The van der Waals surface area contributed by atoms with E-state index < -0.39 is 0 Å². The van der Waals surface area contributed by atoms with E-state index in [4.69, 9.17) is 0 Å². The SMILES string of the molecule is CCCCc1cc(C)c2c(c1)C(C)(C)c1cc(CCCC)cc(C)c1[P-]2. The molecule has 0 unspecified atom stereocenters. The summed E-state index contributed by atoms with van der Waals surface area (Å²) in [5.74, 6) is 0. The Morgan fingerprint density at radius 2 is 1.15 bits per heavy atom. The number of hydrogen-bond donors (Lipinski definition) is 0. The highest BCUT2D eigenvalue weighted by molar-refractivity contribution is 7.56. The zero-order chi connectivity index (χ0) is 18.9. The van der Waals surface area contributed by atoms with Gasteiger partial charge in [-0.2, -0.15) is 10.6 Å². The largest absolute Gasteiger partial charge is 0.471 e. The van der Waals surface area contributed by atoms with Crippen molar-refractivity contribution in [2.24, 2.45) is 0 Å². The molecule has 1 heteroatoms. The lowest BCUT2D eigenvalue weighted by Crippen LogP contribution is -2.37. The Kier molecular flexibility index (Phi) is 5.93. The van der Waals surface area contributed by atoms with Crippen molar-refractivity contribution in [3.05, 3.63) is 57.6 Å². The summed E-state index contributed by atoms with van der Waals surface area (Å²) in [6, 6.07) is 9.91. The third-order valence-corrected chi connectivity index (χ3v) is 7.56. The lowest BCUT2D eigenvalue weighted by atomic mass is 9.75. The Balaban J connectivity index is 2.09. The van der Waals surface area contributed by atoms with Gasteiger partial charge in [0.25, 0.3) is 0 Å². The summed E-state index contributed by atoms with van der Waals surface area (Å²) < 4.78 is 0. The van der Waals surface area contributed by atoms with Gasteiger partial charge in [-0.1, -0.05) is 87.1 Å². The molecule has 0 atom stereocenters. The first-order chi connectivity index (χ1) is 12.4. The van der Waals surface area contributed by atoms with E-state index in [-0.39, 0.29) is 5.41 Å². The van der Waals surface area contributed by atoms with E-state index in [2.05, 4.69) is 65.8 Å². The molecule has 0 radical (unpaired) electrons. The van der Waals surface area contributed by atoms with Crippen LogP contribution in [0.4, 0.5) is 0 Å². The fourth-order valence-corrected chi connectivity index (χ4v) is 5.90. The quantitative estimate of drug-likeness (QED) is 0.511. The highest BCUT2D eigenvalue weighted by Crippen LogP contribution is 2.41. The highest BCUT2D eigenvalue weighted by atomic mass is 31.1. The van der Waals surface area contributed by atoms with E-state index in [0.29, 0.717) is 0 Å². The molecule has 0 bridgehead atoms. The fourth-order valence-electron chi connectivity index (χ4n) is 4.27. The minimum Gasteiger partial charge on any atom is -0.471 e. The van der Waals surface area contributed by atoms with E-state index in [0.717, 1.165) is 0 Å². The van der Waals surface area contributed by atoms with Crippen LogP contribution in [0.15, 0.2) is 24.3 Å². The van der Waals surface area contributed by atoms with Gasteiger partial charge >= 0.3 is 0 Å². The summed E-state index contributed by atoms with van der Waals surface area (Å²) in [6.07, 6.45) is 7.52. The third kappa shape index (κ3) is 3.63. The van der Waals surface area contributed by atoms with Crippen LogP contribution in [-0.4, -0.2) is 0 Å². The second-order valence-corrected chi connectivity index (χ2v) is 9.68. The van der Waals surface area contributed by atoms with E-state index in [1.54, 1.807) is 21.7 Å². The molecule has 0 nitrogen and oxygen atoms in total. The van der Waals surface area contributed by atoms with Crippen LogP contribution < -0.4 is 10.6 Å². The molecular weight excluding hydrogens is 331 g/mol. The van der Waals surface area contributed by atoms with Gasteiger partial charge in [-0.3, -0.25) is 0 Å². The number of fused-ring (bicyclic) bond motifs is 2. The van der Waals surface area contributed by atoms with Crippen LogP contribution in [0.3, 0.4) is 0 Å². The Morgan fingerprint density at radius 1 is 0.731 bits per heavy atom. The first-order valence-electron chi connectivity index (χ1n) is 10.4. The van der Waals surface area contributed by atoms with Gasteiger partial charge < -0.3 is 8.58 Å². The number of rotatable bonds is 6. The molecule has 0 spiro atoms. The Bertz CT molecular complexity index is 733. The first kappa shape index (κ1) is 19.6. The van der Waals surface area contributed by atoms with Crippen LogP contribution in [0.2, 0.25) is 0 Å². The minimum absolute atomic E-state index is 0.0931. The second-order valence-electron chi connectivity index (χ2n) is 8.56. The van der Waals surface area contributed by atoms with Crippen molar-refractivity contribution in [3.63, 3.8) is 0 Å².